The van der Waals surface area contributed by atoms with Gasteiger partial charge in [-0.25, -0.2) is 0 Å². The average Bonchev–Trinajstić information content (AvgIpc) is 2.98. The van der Waals surface area contributed by atoms with Crippen LogP contribution in [0.25, 0.3) is 10.9 Å². The van der Waals surface area contributed by atoms with Crippen LogP contribution in [0.3, 0.4) is 0 Å². The number of aryl methyl sites for hydroxylation is 1. The van der Waals surface area contributed by atoms with Crippen LogP contribution in [-0.4, -0.2) is 28.9 Å². The van der Waals surface area contributed by atoms with Crippen molar-refractivity contribution in [1.82, 2.24) is 15.5 Å². The number of halogens is 1. The van der Waals surface area contributed by atoms with E-state index >= 15 is 0 Å². The number of nitrogens with zero attached hydrogens (tertiary/aromatic N) is 1. The van der Waals surface area contributed by atoms with Crippen molar-refractivity contribution in [3.8, 4) is 5.75 Å². The molecular formula is C17H26ClN3O. The minimum Gasteiger partial charge on any atom is -0.490 e. The number of H-pyrrole nitrogens is 1. The van der Waals surface area contributed by atoms with Gasteiger partial charge in [0, 0.05) is 17.0 Å². The van der Waals surface area contributed by atoms with Gasteiger partial charge in [0.15, 0.2) is 0 Å². The molecule has 0 radical (unpaired) electrons. The second-order valence-electron chi connectivity index (χ2n) is 5.88. The Morgan fingerprint density at radius 1 is 1.23 bits per heavy atom. The SMILES string of the molecule is CCN[C@H]1CC[C@H](Oc2ccc3[nH]ncc3c2CC)CC1.Cl. The number of benzene rings is 1. The molecule has 3 rings (SSSR count). The van der Waals surface area contributed by atoms with Crippen LogP contribution < -0.4 is 10.1 Å². The third-order valence-electron chi connectivity index (χ3n) is 4.51. The summed E-state index contributed by atoms with van der Waals surface area (Å²) >= 11 is 0. The van der Waals surface area contributed by atoms with Crippen LogP contribution in [0.5, 0.6) is 5.75 Å². The highest BCUT2D eigenvalue weighted by Crippen LogP contribution is 2.31. The number of rotatable bonds is 5. The average molecular weight is 324 g/mol. The molecule has 1 heterocycles. The minimum atomic E-state index is 0. The van der Waals surface area contributed by atoms with Gasteiger partial charge in [0.05, 0.1) is 17.8 Å². The zero-order valence-corrected chi connectivity index (χ0v) is 14.2. The Hall–Kier alpha value is -1.26. The second kappa shape index (κ2) is 7.84. The zero-order valence-electron chi connectivity index (χ0n) is 13.4. The minimum absolute atomic E-state index is 0. The predicted molar refractivity (Wildman–Crippen MR) is 93.1 cm³/mol. The first kappa shape index (κ1) is 17.1. The molecule has 1 saturated carbocycles. The van der Waals surface area contributed by atoms with Gasteiger partial charge in [-0.3, -0.25) is 5.10 Å². The zero-order chi connectivity index (χ0) is 14.7. The van der Waals surface area contributed by atoms with Gasteiger partial charge in [0.1, 0.15) is 5.75 Å². The highest BCUT2D eigenvalue weighted by Gasteiger charge is 2.22. The fourth-order valence-electron chi connectivity index (χ4n) is 3.38. The van der Waals surface area contributed by atoms with Crippen molar-refractivity contribution >= 4 is 23.3 Å². The Morgan fingerprint density at radius 2 is 2.00 bits per heavy atom. The summed E-state index contributed by atoms with van der Waals surface area (Å²) in [5.41, 5.74) is 2.37. The van der Waals surface area contributed by atoms with Crippen LogP contribution in [0.15, 0.2) is 18.3 Å². The van der Waals surface area contributed by atoms with Gasteiger partial charge < -0.3 is 10.1 Å². The summed E-state index contributed by atoms with van der Waals surface area (Å²) in [5, 5.41) is 11.9. The molecule has 0 amide bonds. The van der Waals surface area contributed by atoms with E-state index < -0.39 is 0 Å². The van der Waals surface area contributed by atoms with Crippen LogP contribution in [0.2, 0.25) is 0 Å². The number of hydrogen-bond donors (Lipinski definition) is 2. The van der Waals surface area contributed by atoms with Crippen molar-refractivity contribution in [2.45, 2.75) is 58.1 Å². The highest BCUT2D eigenvalue weighted by atomic mass is 35.5. The number of hydrogen-bond acceptors (Lipinski definition) is 3. The first-order valence-corrected chi connectivity index (χ1v) is 8.16. The van der Waals surface area contributed by atoms with Gasteiger partial charge in [-0.05, 0) is 50.8 Å². The van der Waals surface area contributed by atoms with E-state index in [4.69, 9.17) is 4.74 Å². The van der Waals surface area contributed by atoms with Crippen LogP contribution >= 0.6 is 12.4 Å². The van der Waals surface area contributed by atoms with E-state index in [0.717, 1.165) is 37.1 Å². The molecule has 2 aromatic rings. The summed E-state index contributed by atoms with van der Waals surface area (Å²) in [4.78, 5) is 0. The molecule has 0 bridgehead atoms. The Balaban J connectivity index is 0.00000176. The van der Waals surface area contributed by atoms with Crippen LogP contribution in [0.4, 0.5) is 0 Å². The molecule has 5 heteroatoms. The number of ether oxygens (including phenoxy) is 1. The maximum Gasteiger partial charge on any atom is 0.123 e. The van der Waals surface area contributed by atoms with Crippen molar-refractivity contribution in [2.75, 3.05) is 6.54 Å². The first-order chi connectivity index (χ1) is 10.3. The van der Waals surface area contributed by atoms with Gasteiger partial charge in [-0.15, -0.1) is 12.4 Å². The maximum atomic E-state index is 6.31. The van der Waals surface area contributed by atoms with Gasteiger partial charge in [0.2, 0.25) is 0 Å². The first-order valence-electron chi connectivity index (χ1n) is 8.16. The molecule has 1 aliphatic carbocycles. The van der Waals surface area contributed by atoms with E-state index in [1.165, 1.54) is 23.8 Å². The number of nitrogens with one attached hydrogen (secondary N) is 2. The van der Waals surface area contributed by atoms with Gasteiger partial charge in [-0.1, -0.05) is 13.8 Å². The molecule has 1 aliphatic rings. The number of aromatic nitrogens is 2. The molecular weight excluding hydrogens is 298 g/mol. The van der Waals surface area contributed by atoms with Crippen molar-refractivity contribution < 1.29 is 4.74 Å². The summed E-state index contributed by atoms with van der Waals surface area (Å²) in [7, 11) is 0. The fourth-order valence-corrected chi connectivity index (χ4v) is 3.38. The van der Waals surface area contributed by atoms with Crippen LogP contribution in [0, 0.1) is 0 Å². The third kappa shape index (κ3) is 3.55. The lowest BCUT2D eigenvalue weighted by molar-refractivity contribution is 0.139. The van der Waals surface area contributed by atoms with E-state index in [1.807, 2.05) is 6.20 Å². The molecule has 0 saturated heterocycles. The molecule has 1 aromatic carbocycles. The fraction of sp³-hybridized carbons (Fsp3) is 0.588. The van der Waals surface area contributed by atoms with Gasteiger partial charge >= 0.3 is 0 Å². The summed E-state index contributed by atoms with van der Waals surface area (Å²) in [5.74, 6) is 1.04. The molecule has 122 valence electrons. The molecule has 0 spiro atoms. The summed E-state index contributed by atoms with van der Waals surface area (Å²) < 4.78 is 6.31. The Labute approximate surface area is 138 Å². The molecule has 4 nitrogen and oxygen atoms in total. The Morgan fingerprint density at radius 3 is 2.68 bits per heavy atom. The summed E-state index contributed by atoms with van der Waals surface area (Å²) in [6, 6.07) is 4.84. The Bertz CT molecular complexity index is 591. The molecule has 0 atom stereocenters. The molecule has 22 heavy (non-hydrogen) atoms. The summed E-state index contributed by atoms with van der Waals surface area (Å²) in [6.45, 7) is 5.42. The smallest absolute Gasteiger partial charge is 0.123 e. The van der Waals surface area contributed by atoms with E-state index in [-0.39, 0.29) is 12.4 Å². The maximum absolute atomic E-state index is 6.31. The second-order valence-corrected chi connectivity index (χ2v) is 5.88. The van der Waals surface area contributed by atoms with E-state index in [9.17, 15) is 0 Å². The highest BCUT2D eigenvalue weighted by molar-refractivity contribution is 5.85. The van der Waals surface area contributed by atoms with Gasteiger partial charge in [0.25, 0.3) is 0 Å². The topological polar surface area (TPSA) is 49.9 Å². The molecule has 0 unspecified atom stereocenters. The van der Waals surface area contributed by atoms with E-state index in [0.29, 0.717) is 12.1 Å². The number of aromatic amines is 1. The van der Waals surface area contributed by atoms with Crippen molar-refractivity contribution in [3.63, 3.8) is 0 Å². The largest absolute Gasteiger partial charge is 0.490 e. The lowest BCUT2D eigenvalue weighted by Gasteiger charge is -2.30. The number of fused-ring (bicyclic) bond motifs is 1. The quantitative estimate of drug-likeness (QED) is 0.878. The predicted octanol–water partition coefficient (Wildman–Crippen LogP) is 3.85. The van der Waals surface area contributed by atoms with Crippen molar-refractivity contribution in [3.05, 3.63) is 23.9 Å². The van der Waals surface area contributed by atoms with Crippen molar-refractivity contribution in [2.24, 2.45) is 0 Å². The van der Waals surface area contributed by atoms with Gasteiger partial charge in [-0.2, -0.15) is 5.10 Å². The molecule has 1 aromatic heterocycles. The molecule has 2 N–H and O–H groups in total. The van der Waals surface area contributed by atoms with Crippen LogP contribution in [0.1, 0.15) is 45.1 Å². The normalized spacial score (nSPS) is 21.5. The lowest BCUT2D eigenvalue weighted by Crippen LogP contribution is -2.36. The van der Waals surface area contributed by atoms with E-state index in [1.54, 1.807) is 0 Å². The van der Waals surface area contributed by atoms with E-state index in [2.05, 4.69) is 41.5 Å². The van der Waals surface area contributed by atoms with Crippen LogP contribution in [-0.2, 0) is 6.42 Å². The van der Waals surface area contributed by atoms with Crippen molar-refractivity contribution in [1.29, 1.82) is 0 Å². The molecule has 1 fully saturated rings. The molecule has 0 aliphatic heterocycles. The third-order valence-corrected chi connectivity index (χ3v) is 4.51. The lowest BCUT2D eigenvalue weighted by atomic mass is 9.93. The monoisotopic (exact) mass is 323 g/mol. The Kier molecular flexibility index (Phi) is 6.09. The summed E-state index contributed by atoms with van der Waals surface area (Å²) in [6.07, 6.45) is 7.95. The standard InChI is InChI=1S/C17H25N3O.ClH/c1-3-14-15-11-19-20-16(15)9-10-17(14)21-13-7-5-12(6-8-13)18-4-2;/h9-13,18H,3-8H2,1-2H3,(H,19,20);1H/t12-,13-;.